The van der Waals surface area contributed by atoms with Crippen molar-refractivity contribution in [2.45, 2.75) is 25.3 Å². The monoisotopic (exact) mass is 520 g/mol. The number of halogens is 1. The molecule has 0 amide bonds. The van der Waals surface area contributed by atoms with Crippen LogP contribution < -0.4 is 10.1 Å². The molecule has 1 unspecified atom stereocenters. The summed E-state index contributed by atoms with van der Waals surface area (Å²) in [5, 5.41) is 24.3. The lowest BCUT2D eigenvalue weighted by atomic mass is 9.93. The maximum absolute atomic E-state index is 13.4. The van der Waals surface area contributed by atoms with Crippen molar-refractivity contribution >= 4 is 21.4 Å². The molecule has 3 N–H and O–H groups in total. The number of nitrogens with zero attached hydrogens (tertiary/aromatic N) is 1. The summed E-state index contributed by atoms with van der Waals surface area (Å²) in [5.74, 6) is 1.23. The number of alkyl halides is 1. The summed E-state index contributed by atoms with van der Waals surface area (Å²) in [5.41, 5.74) is 2.99. The standard InChI is InChI=1S/C30H33FN2O3S/c31-14-15-32-29(21-6-11-25(12-7-21)36-19-18-33-16-2-1-3-17-33)28-26-13-10-24(35)20-27(26)37-30(28)22-4-8-23(34)9-5-22/h4-13,20,29,32,34-35H,1-3,14-19H2. The van der Waals surface area contributed by atoms with Crippen molar-refractivity contribution in [3.05, 3.63) is 77.9 Å². The van der Waals surface area contributed by atoms with Crippen molar-refractivity contribution in [2.24, 2.45) is 0 Å². The largest absolute Gasteiger partial charge is 0.508 e. The van der Waals surface area contributed by atoms with E-state index >= 15 is 0 Å². The lowest BCUT2D eigenvalue weighted by molar-refractivity contribution is 0.183. The third-order valence-corrected chi connectivity index (χ3v) is 8.13. The molecule has 1 saturated heterocycles. The first kappa shape index (κ1) is 25.5. The fraction of sp³-hybridized carbons (Fsp3) is 0.333. The van der Waals surface area contributed by atoms with Gasteiger partial charge in [0.1, 0.15) is 30.5 Å². The number of hydrogen-bond donors (Lipinski definition) is 3. The van der Waals surface area contributed by atoms with E-state index in [2.05, 4.69) is 10.2 Å². The molecule has 1 aromatic heterocycles. The van der Waals surface area contributed by atoms with Gasteiger partial charge in [0.15, 0.2) is 0 Å². The Morgan fingerprint density at radius 1 is 0.919 bits per heavy atom. The van der Waals surface area contributed by atoms with Crippen LogP contribution >= 0.6 is 11.3 Å². The molecule has 37 heavy (non-hydrogen) atoms. The van der Waals surface area contributed by atoms with Crippen LogP contribution in [0.2, 0.25) is 0 Å². The summed E-state index contributed by atoms with van der Waals surface area (Å²) in [4.78, 5) is 3.47. The van der Waals surface area contributed by atoms with Crippen LogP contribution in [0.15, 0.2) is 66.7 Å². The number of nitrogens with one attached hydrogen (secondary N) is 1. The molecule has 4 aromatic rings. The number of aromatic hydroxyl groups is 2. The summed E-state index contributed by atoms with van der Waals surface area (Å²) in [6.45, 7) is 3.63. The van der Waals surface area contributed by atoms with E-state index in [-0.39, 0.29) is 24.1 Å². The normalized spacial score (nSPS) is 15.2. The highest BCUT2D eigenvalue weighted by Gasteiger charge is 2.24. The zero-order valence-electron chi connectivity index (χ0n) is 20.8. The Morgan fingerprint density at radius 3 is 2.38 bits per heavy atom. The predicted octanol–water partition coefficient (Wildman–Crippen LogP) is 6.49. The van der Waals surface area contributed by atoms with Crippen LogP contribution in [0.3, 0.4) is 0 Å². The first-order valence-electron chi connectivity index (χ1n) is 12.9. The van der Waals surface area contributed by atoms with E-state index in [1.54, 1.807) is 35.6 Å². The zero-order chi connectivity index (χ0) is 25.6. The topological polar surface area (TPSA) is 65.0 Å². The first-order chi connectivity index (χ1) is 18.1. The molecular formula is C30H33FN2O3S. The smallest absolute Gasteiger partial charge is 0.119 e. The van der Waals surface area contributed by atoms with Crippen LogP contribution in [0, 0.1) is 0 Å². The Bertz CT molecular complexity index is 1300. The van der Waals surface area contributed by atoms with Gasteiger partial charge >= 0.3 is 0 Å². The molecule has 1 aliphatic heterocycles. The summed E-state index contributed by atoms with van der Waals surface area (Å²) in [7, 11) is 0. The number of rotatable bonds is 10. The van der Waals surface area contributed by atoms with Crippen molar-refractivity contribution in [2.75, 3.05) is 39.5 Å². The second-order valence-electron chi connectivity index (χ2n) is 9.47. The van der Waals surface area contributed by atoms with Crippen molar-refractivity contribution in [3.63, 3.8) is 0 Å². The third kappa shape index (κ3) is 6.06. The van der Waals surface area contributed by atoms with Crippen LogP contribution in [0.5, 0.6) is 17.2 Å². The van der Waals surface area contributed by atoms with Crippen LogP contribution in [0.25, 0.3) is 20.5 Å². The molecule has 0 aliphatic carbocycles. The van der Waals surface area contributed by atoms with E-state index in [1.165, 1.54) is 19.3 Å². The average molecular weight is 521 g/mol. The number of likely N-dealkylation sites (tertiary alicyclic amines) is 1. The number of thiophene rings is 1. The number of phenols is 2. The predicted molar refractivity (Wildman–Crippen MR) is 149 cm³/mol. The second kappa shape index (κ2) is 11.9. The zero-order valence-corrected chi connectivity index (χ0v) is 21.6. The van der Waals surface area contributed by atoms with Gasteiger partial charge in [-0.2, -0.15) is 0 Å². The summed E-state index contributed by atoms with van der Waals surface area (Å²) < 4.78 is 20.3. The second-order valence-corrected chi connectivity index (χ2v) is 10.5. The Labute approximate surface area is 221 Å². The van der Waals surface area contributed by atoms with E-state index in [1.807, 2.05) is 42.5 Å². The molecule has 5 rings (SSSR count). The minimum Gasteiger partial charge on any atom is -0.508 e. The highest BCUT2D eigenvalue weighted by atomic mass is 32.1. The molecule has 1 aliphatic rings. The number of benzene rings is 3. The van der Waals surface area contributed by atoms with Crippen molar-refractivity contribution < 1.29 is 19.3 Å². The Kier molecular flexibility index (Phi) is 8.24. The van der Waals surface area contributed by atoms with Gasteiger partial charge < -0.3 is 20.3 Å². The Balaban J connectivity index is 1.45. The summed E-state index contributed by atoms with van der Waals surface area (Å²) in [6.07, 6.45) is 3.86. The average Bonchev–Trinajstić information content (AvgIpc) is 3.29. The third-order valence-electron chi connectivity index (χ3n) is 6.91. The van der Waals surface area contributed by atoms with Gasteiger partial charge in [-0.1, -0.05) is 18.6 Å². The molecule has 0 radical (unpaired) electrons. The molecule has 0 bridgehead atoms. The molecule has 1 fully saturated rings. The van der Waals surface area contributed by atoms with E-state index in [4.69, 9.17) is 4.74 Å². The minimum absolute atomic E-state index is 0.201. The van der Waals surface area contributed by atoms with Gasteiger partial charge in [0.05, 0.1) is 6.04 Å². The summed E-state index contributed by atoms with van der Waals surface area (Å²) in [6, 6.07) is 20.2. The van der Waals surface area contributed by atoms with E-state index in [0.717, 1.165) is 57.0 Å². The van der Waals surface area contributed by atoms with Gasteiger partial charge in [-0.3, -0.25) is 4.90 Å². The fourth-order valence-electron chi connectivity index (χ4n) is 5.04. The van der Waals surface area contributed by atoms with Gasteiger partial charge in [-0.15, -0.1) is 11.3 Å². The molecule has 1 atom stereocenters. The maximum atomic E-state index is 13.4. The molecule has 3 aromatic carbocycles. The number of fused-ring (bicyclic) bond motifs is 1. The maximum Gasteiger partial charge on any atom is 0.119 e. The number of phenolic OH excluding ortho intramolecular Hbond substituents is 2. The molecule has 194 valence electrons. The highest BCUT2D eigenvalue weighted by molar-refractivity contribution is 7.22. The lowest BCUT2D eigenvalue weighted by Crippen LogP contribution is -2.33. The van der Waals surface area contributed by atoms with Crippen molar-refractivity contribution in [3.8, 4) is 27.7 Å². The molecule has 0 spiro atoms. The molecular weight excluding hydrogens is 487 g/mol. The van der Waals surface area contributed by atoms with Gasteiger partial charge in [0.25, 0.3) is 0 Å². The van der Waals surface area contributed by atoms with Gasteiger partial charge in [0, 0.05) is 22.7 Å². The quantitative estimate of drug-likeness (QED) is 0.223. The minimum atomic E-state index is -0.481. The fourth-order valence-corrected chi connectivity index (χ4v) is 6.32. The van der Waals surface area contributed by atoms with Gasteiger partial charge in [-0.05, 0) is 103 Å². The Morgan fingerprint density at radius 2 is 1.65 bits per heavy atom. The van der Waals surface area contributed by atoms with E-state index in [0.29, 0.717) is 6.61 Å². The van der Waals surface area contributed by atoms with E-state index < -0.39 is 6.67 Å². The van der Waals surface area contributed by atoms with Gasteiger partial charge in [-0.25, -0.2) is 4.39 Å². The molecule has 0 saturated carbocycles. The van der Waals surface area contributed by atoms with Gasteiger partial charge in [0.2, 0.25) is 0 Å². The molecule has 2 heterocycles. The summed E-state index contributed by atoms with van der Waals surface area (Å²) >= 11 is 1.58. The van der Waals surface area contributed by atoms with Crippen molar-refractivity contribution in [1.82, 2.24) is 10.2 Å². The number of piperidine rings is 1. The highest BCUT2D eigenvalue weighted by Crippen LogP contribution is 2.45. The van der Waals surface area contributed by atoms with Crippen LogP contribution in [0.1, 0.15) is 36.4 Å². The number of hydrogen-bond acceptors (Lipinski definition) is 6. The van der Waals surface area contributed by atoms with Crippen LogP contribution in [-0.2, 0) is 0 Å². The lowest BCUT2D eigenvalue weighted by Gasteiger charge is -2.26. The first-order valence-corrected chi connectivity index (χ1v) is 13.7. The van der Waals surface area contributed by atoms with Crippen LogP contribution in [-0.4, -0.2) is 54.6 Å². The van der Waals surface area contributed by atoms with E-state index in [9.17, 15) is 14.6 Å². The molecule has 7 heteroatoms. The molecule has 5 nitrogen and oxygen atoms in total. The number of ether oxygens (including phenoxy) is 1. The SMILES string of the molecule is Oc1ccc(-c2sc3cc(O)ccc3c2C(NCCF)c2ccc(OCCN3CCCCC3)cc2)cc1. The van der Waals surface area contributed by atoms with Crippen LogP contribution in [0.4, 0.5) is 4.39 Å². The Hall–Kier alpha value is -3.13. The van der Waals surface area contributed by atoms with Crippen molar-refractivity contribution in [1.29, 1.82) is 0 Å².